The topological polar surface area (TPSA) is 37.3 Å². The molecule has 0 amide bonds. The number of hydrogen-bond acceptors (Lipinski definition) is 2. The molecule has 158 valence electrons. The molecule has 0 bridgehead atoms. The lowest BCUT2D eigenvalue weighted by atomic mass is 10.00. The van der Waals surface area contributed by atoms with Gasteiger partial charge in [-0.3, -0.25) is 4.21 Å². The molecule has 1 unspecified atom stereocenters. The zero-order chi connectivity index (χ0) is 20.0. The minimum atomic E-state index is -0.981. The fraction of sp³-hybridized carbons (Fsp3) is 1.00. The van der Waals surface area contributed by atoms with Gasteiger partial charge in [0, 0.05) is 15.5 Å². The molecule has 0 rings (SSSR count). The SMILES string of the molecule is CCCCCCCCCC[C@H](C(O)CCCCC(C)C)[S@](=O)C(C)(C)C. The monoisotopic (exact) mass is 388 g/mol. The van der Waals surface area contributed by atoms with Crippen molar-refractivity contribution < 1.29 is 9.32 Å². The molecular formula is C23H48O2S. The zero-order valence-corrected chi connectivity index (χ0v) is 19.5. The van der Waals surface area contributed by atoms with Crippen LogP contribution < -0.4 is 0 Å². The van der Waals surface area contributed by atoms with Crippen LogP contribution in [0.1, 0.15) is 125 Å². The second-order valence-electron chi connectivity index (χ2n) is 9.46. The molecular weight excluding hydrogens is 340 g/mol. The van der Waals surface area contributed by atoms with E-state index in [2.05, 4.69) is 20.8 Å². The Balaban J connectivity index is 4.28. The van der Waals surface area contributed by atoms with Crippen molar-refractivity contribution in [2.75, 3.05) is 0 Å². The molecule has 0 aromatic rings. The fourth-order valence-corrected chi connectivity index (χ4v) is 5.18. The molecule has 26 heavy (non-hydrogen) atoms. The highest BCUT2D eigenvalue weighted by Gasteiger charge is 2.32. The van der Waals surface area contributed by atoms with Gasteiger partial charge in [0.25, 0.3) is 0 Å². The molecule has 1 N–H and O–H groups in total. The highest BCUT2D eigenvalue weighted by molar-refractivity contribution is 7.87. The summed E-state index contributed by atoms with van der Waals surface area (Å²) in [5, 5.41) is 10.7. The van der Waals surface area contributed by atoms with Crippen LogP contribution in [0.3, 0.4) is 0 Å². The Kier molecular flexibility index (Phi) is 15.1. The third kappa shape index (κ3) is 13.3. The Labute approximate surface area is 167 Å². The molecule has 0 radical (unpaired) electrons. The van der Waals surface area contributed by atoms with Gasteiger partial charge in [-0.25, -0.2) is 0 Å². The van der Waals surface area contributed by atoms with Crippen LogP contribution in [0.4, 0.5) is 0 Å². The number of unbranched alkanes of at least 4 members (excludes halogenated alkanes) is 8. The summed E-state index contributed by atoms with van der Waals surface area (Å²) in [7, 11) is -0.981. The lowest BCUT2D eigenvalue weighted by molar-refractivity contribution is 0.150. The van der Waals surface area contributed by atoms with Gasteiger partial charge in [-0.2, -0.15) is 0 Å². The van der Waals surface area contributed by atoms with Crippen molar-refractivity contribution in [3.63, 3.8) is 0 Å². The average molecular weight is 389 g/mol. The van der Waals surface area contributed by atoms with E-state index in [1.165, 1.54) is 57.8 Å². The molecule has 0 saturated carbocycles. The molecule has 0 aromatic heterocycles. The third-order valence-corrected chi connectivity index (χ3v) is 7.49. The van der Waals surface area contributed by atoms with E-state index in [1.54, 1.807) is 0 Å². The lowest BCUT2D eigenvalue weighted by Crippen LogP contribution is -2.39. The summed E-state index contributed by atoms with van der Waals surface area (Å²) in [6, 6.07) is 0. The maximum atomic E-state index is 12.9. The quantitative estimate of drug-likeness (QED) is 0.289. The molecule has 0 aromatic carbocycles. The highest BCUT2D eigenvalue weighted by Crippen LogP contribution is 2.25. The zero-order valence-electron chi connectivity index (χ0n) is 18.7. The molecule has 3 atom stereocenters. The minimum Gasteiger partial charge on any atom is -0.392 e. The van der Waals surface area contributed by atoms with Gasteiger partial charge in [-0.15, -0.1) is 0 Å². The molecule has 0 heterocycles. The number of aliphatic hydroxyl groups excluding tert-OH is 1. The number of aliphatic hydroxyl groups is 1. The summed E-state index contributed by atoms with van der Waals surface area (Å²) in [4.78, 5) is 0. The van der Waals surface area contributed by atoms with E-state index in [4.69, 9.17) is 0 Å². The van der Waals surface area contributed by atoms with Crippen molar-refractivity contribution in [1.29, 1.82) is 0 Å². The Morgan fingerprint density at radius 1 is 0.769 bits per heavy atom. The van der Waals surface area contributed by atoms with E-state index in [0.29, 0.717) is 0 Å². The molecule has 0 aliphatic heterocycles. The van der Waals surface area contributed by atoms with Gasteiger partial charge in [0.1, 0.15) is 0 Å². The molecule has 0 spiro atoms. The smallest absolute Gasteiger partial charge is 0.0683 e. The fourth-order valence-electron chi connectivity index (χ4n) is 3.47. The standard InChI is InChI=1S/C23H48O2S/c1-7-8-9-10-11-12-13-14-19-22(26(25)23(4,5)6)21(24)18-16-15-17-20(2)3/h20-22,24H,7-19H2,1-6H3/t21?,22-,26+/m1/s1. The summed E-state index contributed by atoms with van der Waals surface area (Å²) in [6.07, 6.45) is 15.0. The number of hydrogen-bond donors (Lipinski definition) is 1. The van der Waals surface area contributed by atoms with Crippen LogP contribution >= 0.6 is 0 Å². The van der Waals surface area contributed by atoms with Gasteiger partial charge in [0.15, 0.2) is 0 Å². The molecule has 3 heteroatoms. The Bertz CT molecular complexity index is 347. The van der Waals surface area contributed by atoms with Crippen LogP contribution in [0, 0.1) is 5.92 Å². The number of rotatable bonds is 16. The van der Waals surface area contributed by atoms with Crippen molar-refractivity contribution in [2.24, 2.45) is 5.92 Å². The summed E-state index contributed by atoms with van der Waals surface area (Å²) in [6.45, 7) is 12.9. The van der Waals surface area contributed by atoms with Gasteiger partial charge in [0.05, 0.1) is 11.4 Å². The Morgan fingerprint density at radius 3 is 1.73 bits per heavy atom. The summed E-state index contributed by atoms with van der Waals surface area (Å²) in [5.74, 6) is 0.726. The van der Waals surface area contributed by atoms with Gasteiger partial charge < -0.3 is 5.11 Å². The van der Waals surface area contributed by atoms with Gasteiger partial charge in [-0.05, 0) is 39.5 Å². The first-order valence-electron chi connectivity index (χ1n) is 11.3. The Hall–Kier alpha value is 0.110. The van der Waals surface area contributed by atoms with Crippen molar-refractivity contribution in [3.05, 3.63) is 0 Å². The van der Waals surface area contributed by atoms with Crippen molar-refractivity contribution in [3.8, 4) is 0 Å². The minimum absolute atomic E-state index is 0.0610. The van der Waals surface area contributed by atoms with Crippen molar-refractivity contribution in [2.45, 2.75) is 141 Å². The maximum absolute atomic E-state index is 12.9. The van der Waals surface area contributed by atoms with E-state index in [-0.39, 0.29) is 10.00 Å². The first-order chi connectivity index (χ1) is 12.2. The van der Waals surface area contributed by atoms with Crippen LogP contribution in [0.25, 0.3) is 0 Å². The van der Waals surface area contributed by atoms with E-state index >= 15 is 0 Å². The molecule has 0 aliphatic rings. The van der Waals surface area contributed by atoms with Gasteiger partial charge >= 0.3 is 0 Å². The van der Waals surface area contributed by atoms with Gasteiger partial charge in [-0.1, -0.05) is 91.4 Å². The first-order valence-corrected chi connectivity index (χ1v) is 12.5. The van der Waals surface area contributed by atoms with E-state index in [1.807, 2.05) is 20.8 Å². The summed E-state index contributed by atoms with van der Waals surface area (Å²) in [5.41, 5.74) is 0. The van der Waals surface area contributed by atoms with Crippen LogP contribution in [-0.2, 0) is 10.8 Å². The van der Waals surface area contributed by atoms with Crippen LogP contribution in [0.2, 0.25) is 0 Å². The van der Waals surface area contributed by atoms with E-state index in [9.17, 15) is 9.32 Å². The predicted octanol–water partition coefficient (Wildman–Crippen LogP) is 7.01. The first kappa shape index (κ1) is 26.1. The highest BCUT2D eigenvalue weighted by atomic mass is 32.2. The summed E-state index contributed by atoms with van der Waals surface area (Å²) < 4.78 is 12.7. The molecule has 0 fully saturated rings. The Morgan fingerprint density at radius 2 is 1.23 bits per heavy atom. The second kappa shape index (κ2) is 15.1. The molecule has 0 saturated heterocycles. The molecule has 2 nitrogen and oxygen atoms in total. The normalized spacial score (nSPS) is 16.0. The van der Waals surface area contributed by atoms with E-state index < -0.39 is 16.9 Å². The van der Waals surface area contributed by atoms with Crippen molar-refractivity contribution >= 4 is 10.8 Å². The molecule has 0 aliphatic carbocycles. The predicted molar refractivity (Wildman–Crippen MR) is 118 cm³/mol. The largest absolute Gasteiger partial charge is 0.392 e. The van der Waals surface area contributed by atoms with Crippen LogP contribution in [-0.4, -0.2) is 25.4 Å². The average Bonchev–Trinajstić information content (AvgIpc) is 2.55. The maximum Gasteiger partial charge on any atom is 0.0683 e. The van der Waals surface area contributed by atoms with Crippen LogP contribution in [0.15, 0.2) is 0 Å². The lowest BCUT2D eigenvalue weighted by Gasteiger charge is -2.29. The van der Waals surface area contributed by atoms with Gasteiger partial charge in [0.2, 0.25) is 0 Å². The second-order valence-corrected chi connectivity index (χ2v) is 11.9. The third-order valence-electron chi connectivity index (χ3n) is 5.18. The van der Waals surface area contributed by atoms with Crippen molar-refractivity contribution in [1.82, 2.24) is 0 Å². The van der Waals surface area contributed by atoms with E-state index in [0.717, 1.165) is 31.6 Å². The summed E-state index contributed by atoms with van der Waals surface area (Å²) >= 11 is 0. The van der Waals surface area contributed by atoms with Crippen LogP contribution in [0.5, 0.6) is 0 Å².